The minimum Gasteiger partial charge on any atom is -0.493 e. The number of nitrogens with zero attached hydrogens (tertiary/aromatic N) is 3. The van der Waals surface area contributed by atoms with Crippen LogP contribution in [-0.4, -0.2) is 65.7 Å². The number of benzene rings is 1. The zero-order valence-corrected chi connectivity index (χ0v) is 15.6. The number of rotatable bonds is 5. The van der Waals surface area contributed by atoms with Gasteiger partial charge in [0.05, 0.1) is 12.8 Å². The number of aromatic nitrogens is 2. The Hall–Kier alpha value is -2.54. The highest BCUT2D eigenvalue weighted by molar-refractivity contribution is 5.92. The monoisotopic (exact) mass is 358 g/mol. The lowest BCUT2D eigenvalue weighted by atomic mass is 10.2. The Morgan fingerprint density at radius 1 is 1.31 bits per heavy atom. The fraction of sp³-hybridized carbons (Fsp3) is 0.474. The van der Waals surface area contributed by atoms with Crippen molar-refractivity contribution >= 4 is 5.91 Å². The fourth-order valence-corrected chi connectivity index (χ4v) is 3.26. The molecule has 1 aliphatic rings. The Kier molecular flexibility index (Phi) is 5.78. The van der Waals surface area contributed by atoms with Crippen LogP contribution in [0.5, 0.6) is 11.5 Å². The minimum absolute atomic E-state index is 0.0346. The molecule has 0 aliphatic carbocycles. The number of nitrogens with one attached hydrogen (secondary N) is 1. The first-order valence-electron chi connectivity index (χ1n) is 8.88. The van der Waals surface area contributed by atoms with E-state index in [9.17, 15) is 4.79 Å². The van der Waals surface area contributed by atoms with E-state index < -0.39 is 0 Å². The summed E-state index contributed by atoms with van der Waals surface area (Å²) in [5.74, 6) is 1.29. The number of H-pyrrole nitrogens is 1. The van der Waals surface area contributed by atoms with Crippen molar-refractivity contribution in [3.63, 3.8) is 0 Å². The third kappa shape index (κ3) is 4.16. The van der Waals surface area contributed by atoms with Gasteiger partial charge < -0.3 is 19.3 Å². The summed E-state index contributed by atoms with van der Waals surface area (Å²) in [6.07, 6.45) is 0.973. The zero-order chi connectivity index (χ0) is 18.5. The van der Waals surface area contributed by atoms with Gasteiger partial charge in [0.15, 0.2) is 17.2 Å². The molecule has 1 atom stereocenters. The molecule has 2 aromatic rings. The van der Waals surface area contributed by atoms with E-state index in [0.29, 0.717) is 23.8 Å². The van der Waals surface area contributed by atoms with Crippen molar-refractivity contribution in [2.75, 3.05) is 33.8 Å². The number of methoxy groups -OCH3 is 1. The van der Waals surface area contributed by atoms with Gasteiger partial charge in [0.2, 0.25) is 0 Å². The number of ether oxygens (including phenoxy) is 2. The third-order valence-corrected chi connectivity index (χ3v) is 4.61. The van der Waals surface area contributed by atoms with Crippen molar-refractivity contribution in [3.05, 3.63) is 41.7 Å². The lowest BCUT2D eigenvalue weighted by molar-refractivity contribution is 0.0690. The van der Waals surface area contributed by atoms with Crippen LogP contribution in [0.3, 0.4) is 0 Å². The Labute approximate surface area is 153 Å². The van der Waals surface area contributed by atoms with Crippen molar-refractivity contribution in [2.45, 2.75) is 26.0 Å². The van der Waals surface area contributed by atoms with Gasteiger partial charge in [0.1, 0.15) is 6.61 Å². The van der Waals surface area contributed by atoms with Gasteiger partial charge in [0, 0.05) is 19.1 Å². The molecule has 1 amide bonds. The first-order chi connectivity index (χ1) is 12.6. The summed E-state index contributed by atoms with van der Waals surface area (Å²) < 4.78 is 11.1. The van der Waals surface area contributed by atoms with E-state index in [2.05, 4.69) is 29.1 Å². The van der Waals surface area contributed by atoms with Crippen LogP contribution in [-0.2, 0) is 6.61 Å². The van der Waals surface area contributed by atoms with Crippen LogP contribution in [0.1, 0.15) is 29.5 Å². The first-order valence-corrected chi connectivity index (χ1v) is 8.88. The van der Waals surface area contributed by atoms with Gasteiger partial charge in [-0.05, 0) is 45.1 Å². The van der Waals surface area contributed by atoms with E-state index in [0.717, 1.165) is 31.7 Å². The molecule has 7 nitrogen and oxygen atoms in total. The molecule has 1 unspecified atom stereocenters. The first kappa shape index (κ1) is 18.3. The summed E-state index contributed by atoms with van der Waals surface area (Å²) in [5, 5.41) is 7.09. The quantitative estimate of drug-likeness (QED) is 0.887. The van der Waals surface area contributed by atoms with Crippen molar-refractivity contribution in [1.29, 1.82) is 0 Å². The molecular weight excluding hydrogens is 332 g/mol. The minimum atomic E-state index is -0.0346. The van der Waals surface area contributed by atoms with E-state index in [1.54, 1.807) is 13.2 Å². The maximum atomic E-state index is 12.8. The summed E-state index contributed by atoms with van der Waals surface area (Å²) in [6, 6.07) is 9.39. The number of hydrogen-bond acceptors (Lipinski definition) is 5. The average Bonchev–Trinajstić information content (AvgIpc) is 3.05. The van der Waals surface area contributed by atoms with Crippen LogP contribution in [0, 0.1) is 0 Å². The van der Waals surface area contributed by atoms with Crippen LogP contribution < -0.4 is 9.47 Å². The number of amides is 1. The van der Waals surface area contributed by atoms with E-state index in [4.69, 9.17) is 9.47 Å². The molecule has 1 aromatic heterocycles. The lowest BCUT2D eigenvalue weighted by Gasteiger charge is -2.27. The molecule has 3 rings (SSSR count). The molecule has 140 valence electrons. The van der Waals surface area contributed by atoms with E-state index in [1.165, 1.54) is 0 Å². The zero-order valence-electron chi connectivity index (χ0n) is 15.6. The second kappa shape index (κ2) is 8.23. The Morgan fingerprint density at radius 2 is 2.08 bits per heavy atom. The third-order valence-electron chi connectivity index (χ3n) is 4.61. The second-order valence-electron chi connectivity index (χ2n) is 6.68. The van der Waals surface area contributed by atoms with Crippen molar-refractivity contribution in [1.82, 2.24) is 20.0 Å². The van der Waals surface area contributed by atoms with Crippen LogP contribution in [0.15, 0.2) is 30.3 Å². The maximum absolute atomic E-state index is 12.8. The molecular formula is C19H26N4O3. The van der Waals surface area contributed by atoms with Gasteiger partial charge in [0.25, 0.3) is 5.91 Å². The predicted octanol–water partition coefficient (Wildman–Crippen LogP) is 2.16. The predicted molar refractivity (Wildman–Crippen MR) is 98.5 cm³/mol. The van der Waals surface area contributed by atoms with Gasteiger partial charge in [-0.1, -0.05) is 12.1 Å². The molecule has 0 saturated carbocycles. The summed E-state index contributed by atoms with van der Waals surface area (Å²) in [5.41, 5.74) is 1.18. The number of likely N-dealkylation sites (N-methyl/N-ethyl adjacent to an activating group) is 1. The molecule has 0 radical (unpaired) electrons. The maximum Gasteiger partial charge on any atom is 0.274 e. The second-order valence-corrected chi connectivity index (χ2v) is 6.68. The van der Waals surface area contributed by atoms with Gasteiger partial charge in [-0.15, -0.1) is 0 Å². The Balaban J connectivity index is 1.64. The number of carbonyl (C=O) groups is 1. The number of hydrogen-bond donors (Lipinski definition) is 1. The van der Waals surface area contributed by atoms with Crippen LogP contribution in [0.2, 0.25) is 0 Å². The Morgan fingerprint density at radius 3 is 2.85 bits per heavy atom. The highest BCUT2D eigenvalue weighted by atomic mass is 16.5. The van der Waals surface area contributed by atoms with E-state index in [1.807, 2.05) is 29.2 Å². The largest absolute Gasteiger partial charge is 0.493 e. The highest BCUT2D eigenvalue weighted by Gasteiger charge is 2.26. The molecule has 1 N–H and O–H groups in total. The van der Waals surface area contributed by atoms with Gasteiger partial charge in [-0.2, -0.15) is 5.10 Å². The molecule has 0 bridgehead atoms. The topological polar surface area (TPSA) is 70.7 Å². The summed E-state index contributed by atoms with van der Waals surface area (Å²) >= 11 is 0. The molecule has 1 aromatic carbocycles. The fourth-order valence-electron chi connectivity index (χ4n) is 3.26. The normalized spacial score (nSPS) is 18.4. The van der Waals surface area contributed by atoms with E-state index in [-0.39, 0.29) is 11.9 Å². The molecule has 1 fully saturated rings. The number of carbonyl (C=O) groups excluding carboxylic acids is 1. The molecule has 1 aliphatic heterocycles. The summed E-state index contributed by atoms with van der Waals surface area (Å²) in [7, 11) is 3.70. The smallest absolute Gasteiger partial charge is 0.274 e. The van der Waals surface area contributed by atoms with E-state index >= 15 is 0 Å². The van der Waals surface area contributed by atoms with Crippen molar-refractivity contribution < 1.29 is 14.3 Å². The van der Waals surface area contributed by atoms with Crippen molar-refractivity contribution in [2.24, 2.45) is 0 Å². The average molecular weight is 358 g/mol. The Bertz CT molecular complexity index is 746. The van der Waals surface area contributed by atoms with Gasteiger partial charge >= 0.3 is 0 Å². The number of para-hydroxylation sites is 2. The highest BCUT2D eigenvalue weighted by Crippen LogP contribution is 2.26. The molecule has 2 heterocycles. The van der Waals surface area contributed by atoms with Crippen LogP contribution in [0.4, 0.5) is 0 Å². The van der Waals surface area contributed by atoms with Crippen LogP contribution >= 0.6 is 0 Å². The SMILES string of the molecule is COc1ccccc1OCc1cc(C(=O)N2CCCN(C)CC2C)n[nH]1. The molecule has 0 spiro atoms. The summed E-state index contributed by atoms with van der Waals surface area (Å²) in [4.78, 5) is 17.0. The lowest BCUT2D eigenvalue weighted by Crippen LogP contribution is -2.42. The molecule has 7 heteroatoms. The standard InChI is InChI=1S/C19H26N4O3/c1-14-12-22(2)9-6-10-23(14)19(24)16-11-15(20-21-16)13-26-18-8-5-4-7-17(18)25-3/h4-5,7-8,11,14H,6,9-10,12-13H2,1-3H3,(H,20,21). The molecule has 1 saturated heterocycles. The van der Waals surface area contributed by atoms with Crippen molar-refractivity contribution in [3.8, 4) is 11.5 Å². The van der Waals surface area contributed by atoms with Gasteiger partial charge in [-0.25, -0.2) is 0 Å². The number of aromatic amines is 1. The van der Waals surface area contributed by atoms with Gasteiger partial charge in [-0.3, -0.25) is 9.89 Å². The molecule has 26 heavy (non-hydrogen) atoms. The summed E-state index contributed by atoms with van der Waals surface area (Å²) in [6.45, 7) is 5.01. The van der Waals surface area contributed by atoms with Crippen LogP contribution in [0.25, 0.3) is 0 Å².